The molecular weight excluding hydrogens is 278 g/mol. The van der Waals surface area contributed by atoms with Crippen molar-refractivity contribution in [1.82, 2.24) is 0 Å². The van der Waals surface area contributed by atoms with Crippen LogP contribution in [0, 0.1) is 0 Å². The summed E-state index contributed by atoms with van der Waals surface area (Å²) in [5.74, 6) is 0.716. The van der Waals surface area contributed by atoms with Crippen LogP contribution in [0.1, 0.15) is 51.9 Å². The van der Waals surface area contributed by atoms with Crippen molar-refractivity contribution in [1.29, 1.82) is 0 Å². The summed E-state index contributed by atoms with van der Waals surface area (Å²) in [4.78, 5) is 0.783. The summed E-state index contributed by atoms with van der Waals surface area (Å²) >= 11 is 5.93. The Hall–Kier alpha value is -0.540. The molecule has 0 amide bonds. The molecule has 108 valence electrons. The Bertz CT molecular complexity index is 409. The van der Waals surface area contributed by atoms with Crippen LogP contribution < -0.4 is 5.73 Å². The molecule has 0 bridgehead atoms. The van der Waals surface area contributed by atoms with Gasteiger partial charge in [0.15, 0.2) is 0 Å². The molecule has 0 saturated carbocycles. The van der Waals surface area contributed by atoms with Gasteiger partial charge in [-0.25, -0.2) is 0 Å². The summed E-state index contributed by atoms with van der Waals surface area (Å²) in [5, 5.41) is 0.491. The van der Waals surface area contributed by atoms with Gasteiger partial charge in [-0.2, -0.15) is 0 Å². The number of hydrogen-bond acceptors (Lipinski definition) is 2. The van der Waals surface area contributed by atoms with E-state index in [4.69, 9.17) is 17.3 Å². The number of halogens is 1. The molecule has 0 spiro atoms. The van der Waals surface area contributed by atoms with E-state index in [2.05, 4.69) is 6.92 Å². The van der Waals surface area contributed by atoms with Crippen LogP contribution in [0.25, 0.3) is 0 Å². The number of nitrogens with two attached hydrogens (primary N) is 1. The normalized spacial score (nSPS) is 12.5. The van der Waals surface area contributed by atoms with Crippen molar-refractivity contribution in [3.63, 3.8) is 0 Å². The zero-order valence-electron chi connectivity index (χ0n) is 11.7. The minimum absolute atomic E-state index is 0.491. The van der Waals surface area contributed by atoms with Crippen molar-refractivity contribution in [3.8, 4) is 0 Å². The summed E-state index contributed by atoms with van der Waals surface area (Å²) in [6.07, 6.45) is 8.66. The largest absolute Gasteiger partial charge is 0.398 e. The van der Waals surface area contributed by atoms with Crippen molar-refractivity contribution >= 4 is 28.1 Å². The first-order chi connectivity index (χ1) is 9.15. The molecule has 2 nitrogen and oxygen atoms in total. The van der Waals surface area contributed by atoms with Gasteiger partial charge in [0.1, 0.15) is 0 Å². The fourth-order valence-electron chi connectivity index (χ4n) is 1.96. The van der Waals surface area contributed by atoms with Crippen LogP contribution >= 0.6 is 11.6 Å². The molecule has 2 N–H and O–H groups in total. The van der Waals surface area contributed by atoms with Crippen LogP contribution in [0.5, 0.6) is 0 Å². The molecule has 0 heterocycles. The monoisotopic (exact) mass is 301 g/mol. The summed E-state index contributed by atoms with van der Waals surface area (Å²) in [7, 11) is -0.951. The van der Waals surface area contributed by atoms with Gasteiger partial charge in [0.2, 0.25) is 0 Å². The smallest absolute Gasteiger partial charge is 0.0647 e. The number of rotatable bonds is 9. The second-order valence-electron chi connectivity index (χ2n) is 4.85. The average molecular weight is 302 g/mol. The van der Waals surface area contributed by atoms with E-state index in [1.54, 1.807) is 18.2 Å². The van der Waals surface area contributed by atoms with Crippen LogP contribution in [-0.4, -0.2) is 9.96 Å². The van der Waals surface area contributed by atoms with Crippen molar-refractivity contribution in [3.05, 3.63) is 23.2 Å². The first-order valence-corrected chi connectivity index (χ1v) is 8.78. The van der Waals surface area contributed by atoms with Crippen molar-refractivity contribution in [2.75, 3.05) is 11.5 Å². The maximum atomic E-state index is 12.1. The van der Waals surface area contributed by atoms with Crippen LogP contribution in [-0.2, 0) is 10.8 Å². The van der Waals surface area contributed by atoms with Gasteiger partial charge in [-0.1, -0.05) is 57.0 Å². The third-order valence-corrected chi connectivity index (χ3v) is 4.93. The van der Waals surface area contributed by atoms with Gasteiger partial charge in [-0.15, -0.1) is 0 Å². The lowest BCUT2D eigenvalue weighted by molar-refractivity contribution is 0.601. The fraction of sp³-hybridized carbons (Fsp3) is 0.600. The van der Waals surface area contributed by atoms with Crippen molar-refractivity contribution in [2.24, 2.45) is 0 Å². The number of unbranched alkanes of at least 4 members (excludes halogenated alkanes) is 6. The molecular formula is C15H24ClNOS. The van der Waals surface area contributed by atoms with Gasteiger partial charge >= 0.3 is 0 Å². The fourth-order valence-corrected chi connectivity index (χ4v) is 3.37. The Labute approximate surface area is 124 Å². The van der Waals surface area contributed by atoms with Gasteiger partial charge in [0.05, 0.1) is 21.5 Å². The predicted octanol–water partition coefficient (Wildman–Crippen LogP) is 4.78. The summed E-state index contributed by atoms with van der Waals surface area (Å²) in [6.45, 7) is 2.22. The standard InChI is InChI=1S/C15H24ClNOS/c1-2-3-4-5-6-7-8-11-19(18)13-9-10-15(17)14(16)12-13/h9-10,12H,2-8,11,17H2,1H3. The quantitative estimate of drug-likeness (QED) is 0.527. The molecule has 0 fully saturated rings. The Morgan fingerprint density at radius 1 is 1.11 bits per heavy atom. The van der Waals surface area contributed by atoms with Crippen LogP contribution in [0.2, 0.25) is 5.02 Å². The van der Waals surface area contributed by atoms with E-state index in [-0.39, 0.29) is 0 Å². The van der Waals surface area contributed by atoms with Crippen molar-refractivity contribution in [2.45, 2.75) is 56.8 Å². The number of benzene rings is 1. The molecule has 0 aromatic heterocycles. The average Bonchev–Trinajstić information content (AvgIpc) is 2.40. The first kappa shape index (κ1) is 16.5. The topological polar surface area (TPSA) is 43.1 Å². The SMILES string of the molecule is CCCCCCCCCS(=O)c1ccc(N)c(Cl)c1. The number of hydrogen-bond donors (Lipinski definition) is 1. The van der Waals surface area contributed by atoms with E-state index in [1.165, 1.54) is 32.1 Å². The molecule has 1 aromatic carbocycles. The number of nitrogen functional groups attached to an aromatic ring is 1. The minimum Gasteiger partial charge on any atom is -0.398 e. The predicted molar refractivity (Wildman–Crippen MR) is 85.1 cm³/mol. The lowest BCUT2D eigenvalue weighted by Gasteiger charge is -2.05. The van der Waals surface area contributed by atoms with E-state index in [0.717, 1.165) is 17.7 Å². The zero-order valence-corrected chi connectivity index (χ0v) is 13.2. The Morgan fingerprint density at radius 2 is 1.74 bits per heavy atom. The highest BCUT2D eigenvalue weighted by molar-refractivity contribution is 7.85. The third-order valence-electron chi connectivity index (χ3n) is 3.17. The van der Waals surface area contributed by atoms with Gasteiger partial charge < -0.3 is 5.73 Å². The lowest BCUT2D eigenvalue weighted by atomic mass is 10.1. The molecule has 0 aliphatic heterocycles. The molecule has 0 radical (unpaired) electrons. The van der Waals surface area contributed by atoms with E-state index < -0.39 is 10.8 Å². The molecule has 1 unspecified atom stereocenters. The van der Waals surface area contributed by atoms with E-state index in [9.17, 15) is 4.21 Å². The highest BCUT2D eigenvalue weighted by Crippen LogP contribution is 2.22. The van der Waals surface area contributed by atoms with E-state index in [0.29, 0.717) is 16.5 Å². The lowest BCUT2D eigenvalue weighted by Crippen LogP contribution is -1.99. The molecule has 1 aromatic rings. The second-order valence-corrected chi connectivity index (χ2v) is 6.83. The van der Waals surface area contributed by atoms with E-state index >= 15 is 0 Å². The molecule has 1 rings (SSSR count). The van der Waals surface area contributed by atoms with Gasteiger partial charge in [0, 0.05) is 10.6 Å². The highest BCUT2D eigenvalue weighted by Gasteiger charge is 2.06. The second kappa shape index (κ2) is 9.38. The molecule has 0 aliphatic carbocycles. The maximum absolute atomic E-state index is 12.1. The minimum atomic E-state index is -0.951. The molecule has 1 atom stereocenters. The molecule has 0 saturated heterocycles. The van der Waals surface area contributed by atoms with Crippen LogP contribution in [0.4, 0.5) is 5.69 Å². The number of anilines is 1. The molecule has 4 heteroatoms. The Balaban J connectivity index is 2.22. The van der Waals surface area contributed by atoms with Crippen LogP contribution in [0.15, 0.2) is 23.1 Å². The highest BCUT2D eigenvalue weighted by atomic mass is 35.5. The molecule has 0 aliphatic rings. The Morgan fingerprint density at radius 3 is 2.37 bits per heavy atom. The van der Waals surface area contributed by atoms with Gasteiger partial charge in [-0.05, 0) is 24.6 Å². The molecule has 19 heavy (non-hydrogen) atoms. The first-order valence-electron chi connectivity index (χ1n) is 7.08. The van der Waals surface area contributed by atoms with E-state index in [1.807, 2.05) is 0 Å². The van der Waals surface area contributed by atoms with Gasteiger partial charge in [-0.3, -0.25) is 4.21 Å². The summed E-state index contributed by atoms with van der Waals surface area (Å²) in [6, 6.07) is 5.24. The zero-order chi connectivity index (χ0) is 14.1. The summed E-state index contributed by atoms with van der Waals surface area (Å²) in [5.41, 5.74) is 6.18. The van der Waals surface area contributed by atoms with Crippen LogP contribution in [0.3, 0.4) is 0 Å². The van der Waals surface area contributed by atoms with Gasteiger partial charge in [0.25, 0.3) is 0 Å². The maximum Gasteiger partial charge on any atom is 0.0647 e. The van der Waals surface area contributed by atoms with Crippen molar-refractivity contribution < 1.29 is 4.21 Å². The summed E-state index contributed by atoms with van der Waals surface area (Å²) < 4.78 is 12.1. The third kappa shape index (κ3) is 6.44. The Kier molecular flexibility index (Phi) is 8.15.